The molecule has 1 N–H and O–H groups in total. The minimum absolute atomic E-state index is 0.0111. The van der Waals surface area contributed by atoms with Gasteiger partial charge in [-0.25, -0.2) is 14.8 Å². The van der Waals surface area contributed by atoms with Gasteiger partial charge in [0.25, 0.3) is 0 Å². The molecule has 0 bridgehead atoms. The fraction of sp³-hybridized carbons (Fsp3) is 0.286. The zero-order valence-corrected chi connectivity index (χ0v) is 9.23. The average molecular weight is 255 g/mol. The summed E-state index contributed by atoms with van der Waals surface area (Å²) in [5, 5.41) is 8.68. The molecule has 0 amide bonds. The molecule has 76 valence electrons. The summed E-state index contributed by atoms with van der Waals surface area (Å²) >= 11 is 16.6. The van der Waals surface area contributed by atoms with E-state index in [1.807, 2.05) is 0 Å². The predicted octanol–water partition coefficient (Wildman–Crippen LogP) is 2.31. The van der Waals surface area contributed by atoms with Crippen LogP contribution in [0.4, 0.5) is 0 Å². The highest BCUT2D eigenvalue weighted by Crippen LogP contribution is 2.35. The highest BCUT2D eigenvalue weighted by molar-refractivity contribution is 6.66. The number of aromatic carboxylic acids is 1. The lowest BCUT2D eigenvalue weighted by atomic mass is 10.2. The van der Waals surface area contributed by atoms with Gasteiger partial charge in [0, 0.05) is 6.20 Å². The minimum Gasteiger partial charge on any atom is -0.478 e. The molecule has 1 aromatic heterocycles. The normalized spacial score (nSPS) is 11.4. The molecule has 1 aromatic rings. The Morgan fingerprint density at radius 2 is 2.07 bits per heavy atom. The van der Waals surface area contributed by atoms with Gasteiger partial charge in [-0.15, -0.1) is 0 Å². The molecule has 0 aliphatic rings. The van der Waals surface area contributed by atoms with Crippen molar-refractivity contribution in [3.63, 3.8) is 0 Å². The molecule has 0 fully saturated rings. The fourth-order valence-electron chi connectivity index (χ4n) is 0.814. The van der Waals surface area contributed by atoms with Crippen molar-refractivity contribution in [1.29, 1.82) is 0 Å². The Morgan fingerprint density at radius 3 is 2.43 bits per heavy atom. The lowest BCUT2D eigenvalue weighted by Crippen LogP contribution is -2.11. The van der Waals surface area contributed by atoms with Crippen LogP contribution in [0.1, 0.15) is 21.9 Å². The van der Waals surface area contributed by atoms with E-state index < -0.39 is 9.76 Å². The van der Waals surface area contributed by atoms with Crippen molar-refractivity contribution in [3.05, 3.63) is 23.3 Å². The summed E-state index contributed by atoms with van der Waals surface area (Å²) in [5.41, 5.74) is 0.247. The van der Waals surface area contributed by atoms with Crippen molar-refractivity contribution >= 4 is 40.8 Å². The summed E-state index contributed by atoms with van der Waals surface area (Å²) in [4.78, 5) is 18.0. The first-order valence-corrected chi connectivity index (χ1v) is 4.60. The van der Waals surface area contributed by atoms with Crippen molar-refractivity contribution < 1.29 is 9.90 Å². The van der Waals surface area contributed by atoms with Crippen molar-refractivity contribution in [2.24, 2.45) is 0 Å². The predicted molar refractivity (Wildman–Crippen MR) is 53.0 cm³/mol. The summed E-state index contributed by atoms with van der Waals surface area (Å²) in [6.45, 7) is 1.50. The Labute approximate surface area is 94.8 Å². The van der Waals surface area contributed by atoms with Crippen LogP contribution in [0, 0.1) is 6.92 Å². The third-order valence-corrected chi connectivity index (χ3v) is 1.97. The number of aryl methyl sites for hydroxylation is 1. The monoisotopic (exact) mass is 254 g/mol. The van der Waals surface area contributed by atoms with E-state index in [1.165, 1.54) is 6.92 Å². The van der Waals surface area contributed by atoms with Crippen LogP contribution >= 0.6 is 34.8 Å². The fourth-order valence-corrected chi connectivity index (χ4v) is 1.09. The number of carboxylic acids is 1. The van der Waals surface area contributed by atoms with Crippen LogP contribution < -0.4 is 0 Å². The van der Waals surface area contributed by atoms with Gasteiger partial charge in [0.2, 0.25) is 3.79 Å². The highest BCUT2D eigenvalue weighted by atomic mass is 35.6. The zero-order chi connectivity index (χ0) is 10.9. The van der Waals surface area contributed by atoms with E-state index in [-0.39, 0.29) is 17.1 Å². The maximum atomic E-state index is 10.6. The SMILES string of the molecule is Cc1nc(C(Cl)(Cl)Cl)ncc1C(=O)O. The standard InChI is InChI=1S/C7H5Cl3N2O2/c1-3-4(5(13)14)2-11-6(12-3)7(8,9)10/h2H,1H3,(H,13,14). The second kappa shape index (κ2) is 3.88. The number of hydrogen-bond acceptors (Lipinski definition) is 3. The molecule has 0 unspecified atom stereocenters. The Balaban J connectivity index is 3.20. The largest absolute Gasteiger partial charge is 0.478 e. The van der Waals surface area contributed by atoms with Crippen molar-refractivity contribution in [1.82, 2.24) is 9.97 Å². The second-order valence-electron chi connectivity index (χ2n) is 2.50. The number of carbonyl (C=O) groups is 1. The highest BCUT2D eigenvalue weighted by Gasteiger charge is 2.27. The lowest BCUT2D eigenvalue weighted by Gasteiger charge is -2.09. The third-order valence-electron chi connectivity index (χ3n) is 1.46. The van der Waals surface area contributed by atoms with Gasteiger partial charge in [0.05, 0.1) is 11.3 Å². The number of hydrogen-bond donors (Lipinski definition) is 1. The van der Waals surface area contributed by atoms with Gasteiger partial charge in [-0.2, -0.15) is 0 Å². The molecular formula is C7H5Cl3N2O2. The van der Waals surface area contributed by atoms with Crippen LogP contribution in [0.25, 0.3) is 0 Å². The van der Waals surface area contributed by atoms with Crippen LogP contribution in [0.5, 0.6) is 0 Å². The van der Waals surface area contributed by atoms with Gasteiger partial charge in [-0.05, 0) is 6.92 Å². The second-order valence-corrected chi connectivity index (χ2v) is 4.78. The van der Waals surface area contributed by atoms with E-state index in [9.17, 15) is 4.79 Å². The van der Waals surface area contributed by atoms with Gasteiger partial charge in [-0.1, -0.05) is 34.8 Å². The third kappa shape index (κ3) is 2.47. The number of nitrogens with zero attached hydrogens (tertiary/aromatic N) is 2. The van der Waals surface area contributed by atoms with Crippen LogP contribution in [-0.4, -0.2) is 21.0 Å². The van der Waals surface area contributed by atoms with Crippen LogP contribution in [0.3, 0.4) is 0 Å². The Hall–Kier alpha value is -0.580. The molecule has 4 nitrogen and oxygen atoms in total. The summed E-state index contributed by atoms with van der Waals surface area (Å²) < 4.78 is -1.73. The summed E-state index contributed by atoms with van der Waals surface area (Å²) in [6.07, 6.45) is 1.11. The lowest BCUT2D eigenvalue weighted by molar-refractivity contribution is 0.0695. The minimum atomic E-state index is -1.73. The zero-order valence-electron chi connectivity index (χ0n) is 6.96. The van der Waals surface area contributed by atoms with Crippen LogP contribution in [-0.2, 0) is 3.79 Å². The number of halogens is 3. The first-order valence-electron chi connectivity index (χ1n) is 3.46. The molecule has 7 heteroatoms. The van der Waals surface area contributed by atoms with Gasteiger partial charge in [0.1, 0.15) is 0 Å². The Bertz CT molecular complexity index is 376. The number of aromatic nitrogens is 2. The van der Waals surface area contributed by atoms with Crippen molar-refractivity contribution in [2.75, 3.05) is 0 Å². The van der Waals surface area contributed by atoms with Crippen molar-refractivity contribution in [2.45, 2.75) is 10.7 Å². The molecular weight excluding hydrogens is 250 g/mol. The number of rotatable bonds is 1. The number of alkyl halides is 3. The van der Waals surface area contributed by atoms with E-state index >= 15 is 0 Å². The van der Waals surface area contributed by atoms with Crippen LogP contribution in [0.2, 0.25) is 0 Å². The maximum absolute atomic E-state index is 10.6. The Kier molecular flexibility index (Phi) is 3.19. The molecule has 0 aliphatic carbocycles. The smallest absolute Gasteiger partial charge is 0.339 e. The quantitative estimate of drug-likeness (QED) is 0.782. The molecule has 0 aliphatic heterocycles. The molecule has 0 saturated carbocycles. The van der Waals surface area contributed by atoms with Gasteiger partial charge in [0.15, 0.2) is 5.82 Å². The summed E-state index contributed by atoms with van der Waals surface area (Å²) in [7, 11) is 0. The molecule has 1 rings (SSSR count). The molecule has 0 spiro atoms. The van der Waals surface area contributed by atoms with Crippen LogP contribution in [0.15, 0.2) is 6.20 Å². The summed E-state index contributed by atoms with van der Waals surface area (Å²) in [6, 6.07) is 0. The first-order chi connectivity index (χ1) is 6.32. The summed E-state index contributed by atoms with van der Waals surface area (Å²) in [5.74, 6) is -1.15. The van der Waals surface area contributed by atoms with E-state index in [0.29, 0.717) is 0 Å². The van der Waals surface area contributed by atoms with E-state index in [0.717, 1.165) is 6.20 Å². The Morgan fingerprint density at radius 1 is 1.50 bits per heavy atom. The topological polar surface area (TPSA) is 63.1 Å². The molecule has 0 atom stereocenters. The van der Waals surface area contributed by atoms with E-state index in [2.05, 4.69) is 9.97 Å². The van der Waals surface area contributed by atoms with E-state index in [1.54, 1.807) is 0 Å². The van der Waals surface area contributed by atoms with Gasteiger partial charge < -0.3 is 5.11 Å². The molecule has 0 saturated heterocycles. The van der Waals surface area contributed by atoms with E-state index in [4.69, 9.17) is 39.9 Å². The van der Waals surface area contributed by atoms with Gasteiger partial charge in [-0.3, -0.25) is 0 Å². The maximum Gasteiger partial charge on any atom is 0.339 e. The molecule has 0 aromatic carbocycles. The first kappa shape index (κ1) is 11.5. The van der Waals surface area contributed by atoms with Gasteiger partial charge >= 0.3 is 5.97 Å². The number of carboxylic acid groups (broad SMARTS) is 1. The molecule has 1 heterocycles. The molecule has 14 heavy (non-hydrogen) atoms. The molecule has 0 radical (unpaired) electrons. The van der Waals surface area contributed by atoms with Crippen molar-refractivity contribution in [3.8, 4) is 0 Å². The average Bonchev–Trinajstić information content (AvgIpc) is 2.01.